The highest BCUT2D eigenvalue weighted by atomic mass is 19.4. The summed E-state index contributed by atoms with van der Waals surface area (Å²) >= 11 is 0. The van der Waals surface area contributed by atoms with E-state index in [0.29, 0.717) is 16.7 Å². The second-order valence-electron chi connectivity index (χ2n) is 3.95. The SMILES string of the molecule is CCc1cc(OC)c2ncc(C(F)(F)F)cc2c1. The van der Waals surface area contributed by atoms with Crippen LogP contribution in [0.3, 0.4) is 0 Å². The molecule has 5 heteroatoms. The monoisotopic (exact) mass is 255 g/mol. The van der Waals surface area contributed by atoms with Crippen LogP contribution in [0.4, 0.5) is 13.2 Å². The second-order valence-corrected chi connectivity index (χ2v) is 3.95. The Kier molecular flexibility index (Phi) is 3.15. The van der Waals surface area contributed by atoms with Crippen molar-refractivity contribution in [2.75, 3.05) is 7.11 Å². The van der Waals surface area contributed by atoms with Crippen molar-refractivity contribution in [1.29, 1.82) is 0 Å². The first-order valence-electron chi connectivity index (χ1n) is 5.49. The molecule has 0 bridgehead atoms. The smallest absolute Gasteiger partial charge is 0.417 e. The number of pyridine rings is 1. The molecule has 0 N–H and O–H groups in total. The molecule has 0 radical (unpaired) electrons. The molecule has 0 unspecified atom stereocenters. The van der Waals surface area contributed by atoms with Crippen LogP contribution in [-0.4, -0.2) is 12.1 Å². The Balaban J connectivity index is 2.68. The fraction of sp³-hybridized carbons (Fsp3) is 0.308. The maximum atomic E-state index is 12.6. The van der Waals surface area contributed by atoms with E-state index in [1.807, 2.05) is 6.92 Å². The van der Waals surface area contributed by atoms with Gasteiger partial charge in [-0.05, 0) is 30.2 Å². The summed E-state index contributed by atoms with van der Waals surface area (Å²) in [6, 6.07) is 4.60. The molecular weight excluding hydrogens is 243 g/mol. The van der Waals surface area contributed by atoms with Crippen molar-refractivity contribution in [3.8, 4) is 5.75 Å². The summed E-state index contributed by atoms with van der Waals surface area (Å²) < 4.78 is 43.0. The maximum absolute atomic E-state index is 12.6. The molecule has 96 valence electrons. The van der Waals surface area contributed by atoms with E-state index < -0.39 is 11.7 Å². The molecule has 0 spiro atoms. The van der Waals surface area contributed by atoms with Crippen LogP contribution in [0, 0.1) is 0 Å². The number of nitrogens with zero attached hydrogens (tertiary/aromatic N) is 1. The van der Waals surface area contributed by atoms with Gasteiger partial charge in [-0.1, -0.05) is 6.92 Å². The van der Waals surface area contributed by atoms with Gasteiger partial charge in [0.15, 0.2) is 0 Å². The maximum Gasteiger partial charge on any atom is 0.417 e. The normalized spacial score (nSPS) is 11.8. The Labute approximate surface area is 102 Å². The van der Waals surface area contributed by atoms with Gasteiger partial charge >= 0.3 is 6.18 Å². The topological polar surface area (TPSA) is 22.1 Å². The molecule has 1 aromatic carbocycles. The zero-order chi connectivity index (χ0) is 13.3. The number of hydrogen-bond donors (Lipinski definition) is 0. The van der Waals surface area contributed by atoms with Crippen molar-refractivity contribution in [3.63, 3.8) is 0 Å². The average molecular weight is 255 g/mol. The van der Waals surface area contributed by atoms with E-state index in [1.165, 1.54) is 7.11 Å². The van der Waals surface area contributed by atoms with Crippen LogP contribution >= 0.6 is 0 Å². The van der Waals surface area contributed by atoms with Crippen molar-refractivity contribution in [3.05, 3.63) is 35.5 Å². The number of methoxy groups -OCH3 is 1. The Hall–Kier alpha value is -1.78. The van der Waals surface area contributed by atoms with Crippen LogP contribution in [0.2, 0.25) is 0 Å². The number of aromatic nitrogens is 1. The van der Waals surface area contributed by atoms with Gasteiger partial charge in [-0.15, -0.1) is 0 Å². The fourth-order valence-corrected chi connectivity index (χ4v) is 1.79. The van der Waals surface area contributed by atoms with E-state index in [0.717, 1.165) is 24.2 Å². The lowest BCUT2D eigenvalue weighted by Crippen LogP contribution is -2.05. The molecule has 0 aliphatic rings. The predicted octanol–water partition coefficient (Wildman–Crippen LogP) is 3.82. The van der Waals surface area contributed by atoms with E-state index in [-0.39, 0.29) is 0 Å². The lowest BCUT2D eigenvalue weighted by Gasteiger charge is -2.10. The largest absolute Gasteiger partial charge is 0.494 e. The highest BCUT2D eigenvalue weighted by molar-refractivity contribution is 5.85. The van der Waals surface area contributed by atoms with Crippen LogP contribution in [0.25, 0.3) is 10.9 Å². The Bertz CT molecular complexity index is 578. The number of fused-ring (bicyclic) bond motifs is 1. The van der Waals surface area contributed by atoms with E-state index in [2.05, 4.69) is 4.98 Å². The van der Waals surface area contributed by atoms with Crippen LogP contribution in [-0.2, 0) is 12.6 Å². The summed E-state index contributed by atoms with van der Waals surface area (Å²) in [5.74, 6) is 0.498. The number of hydrogen-bond acceptors (Lipinski definition) is 2. The third-order valence-corrected chi connectivity index (χ3v) is 2.76. The summed E-state index contributed by atoms with van der Waals surface area (Å²) in [5, 5.41) is 0.445. The standard InChI is InChI=1S/C13H12F3NO/c1-3-8-4-9-6-10(13(14,15)16)7-17-12(9)11(5-8)18-2/h4-7H,3H2,1-2H3. The lowest BCUT2D eigenvalue weighted by molar-refractivity contribution is -0.137. The number of benzene rings is 1. The van der Waals surface area contributed by atoms with Gasteiger partial charge in [-0.2, -0.15) is 13.2 Å². The third-order valence-electron chi connectivity index (χ3n) is 2.76. The number of alkyl halides is 3. The second kappa shape index (κ2) is 4.48. The van der Waals surface area contributed by atoms with Crippen molar-refractivity contribution >= 4 is 10.9 Å². The van der Waals surface area contributed by atoms with E-state index in [9.17, 15) is 13.2 Å². The molecule has 0 amide bonds. The molecule has 0 saturated heterocycles. The molecule has 0 fully saturated rings. The molecule has 0 aliphatic carbocycles. The van der Waals surface area contributed by atoms with Gasteiger partial charge in [-0.25, -0.2) is 0 Å². The minimum absolute atomic E-state index is 0.445. The van der Waals surface area contributed by atoms with Crippen LogP contribution in [0.1, 0.15) is 18.1 Å². The highest BCUT2D eigenvalue weighted by Crippen LogP contribution is 2.33. The van der Waals surface area contributed by atoms with Gasteiger partial charge in [0.2, 0.25) is 0 Å². The first-order valence-corrected chi connectivity index (χ1v) is 5.49. The van der Waals surface area contributed by atoms with Crippen molar-refractivity contribution in [1.82, 2.24) is 4.98 Å². The van der Waals surface area contributed by atoms with Crippen molar-refractivity contribution in [2.45, 2.75) is 19.5 Å². The molecular formula is C13H12F3NO. The molecule has 2 nitrogen and oxygen atoms in total. The van der Waals surface area contributed by atoms with Crippen molar-refractivity contribution in [2.24, 2.45) is 0 Å². The van der Waals surface area contributed by atoms with Gasteiger partial charge in [0.25, 0.3) is 0 Å². The molecule has 1 aromatic heterocycles. The molecule has 2 rings (SSSR count). The number of halogens is 3. The predicted molar refractivity (Wildman–Crippen MR) is 62.7 cm³/mol. The van der Waals surface area contributed by atoms with Gasteiger partial charge in [0, 0.05) is 11.6 Å². The zero-order valence-electron chi connectivity index (χ0n) is 10.0. The van der Waals surface area contributed by atoms with E-state index in [1.54, 1.807) is 12.1 Å². The third kappa shape index (κ3) is 2.25. The van der Waals surface area contributed by atoms with Crippen LogP contribution in [0.15, 0.2) is 24.4 Å². The summed E-state index contributed by atoms with van der Waals surface area (Å²) in [6.45, 7) is 1.93. The van der Waals surface area contributed by atoms with Crippen LogP contribution in [0.5, 0.6) is 5.75 Å². The fourth-order valence-electron chi connectivity index (χ4n) is 1.79. The zero-order valence-corrected chi connectivity index (χ0v) is 10.0. The van der Waals surface area contributed by atoms with E-state index >= 15 is 0 Å². The lowest BCUT2D eigenvalue weighted by atomic mass is 10.1. The van der Waals surface area contributed by atoms with Gasteiger partial charge in [-0.3, -0.25) is 4.98 Å². The first-order chi connectivity index (χ1) is 8.45. The first kappa shape index (κ1) is 12.7. The Morgan fingerprint density at radius 3 is 2.50 bits per heavy atom. The van der Waals surface area contributed by atoms with Gasteiger partial charge in [0.1, 0.15) is 11.3 Å². The van der Waals surface area contributed by atoms with Gasteiger partial charge in [0.05, 0.1) is 12.7 Å². The Morgan fingerprint density at radius 2 is 1.94 bits per heavy atom. The molecule has 18 heavy (non-hydrogen) atoms. The average Bonchev–Trinajstić information content (AvgIpc) is 2.35. The Morgan fingerprint density at radius 1 is 1.22 bits per heavy atom. The number of aryl methyl sites for hydroxylation is 1. The van der Waals surface area contributed by atoms with Gasteiger partial charge < -0.3 is 4.74 Å². The minimum Gasteiger partial charge on any atom is -0.494 e. The summed E-state index contributed by atoms with van der Waals surface area (Å²) in [7, 11) is 1.48. The minimum atomic E-state index is -4.38. The molecule has 0 saturated carbocycles. The number of rotatable bonds is 2. The summed E-state index contributed by atoms with van der Waals surface area (Å²) in [6.07, 6.45) is -2.82. The van der Waals surface area contributed by atoms with Crippen LogP contribution < -0.4 is 4.74 Å². The molecule has 0 atom stereocenters. The molecule has 1 heterocycles. The highest BCUT2D eigenvalue weighted by Gasteiger charge is 2.31. The summed E-state index contributed by atoms with van der Waals surface area (Å²) in [5.41, 5.74) is 0.619. The molecule has 2 aromatic rings. The summed E-state index contributed by atoms with van der Waals surface area (Å²) in [4.78, 5) is 3.85. The molecule has 0 aliphatic heterocycles. The van der Waals surface area contributed by atoms with E-state index in [4.69, 9.17) is 4.74 Å². The number of ether oxygens (including phenoxy) is 1. The quantitative estimate of drug-likeness (QED) is 0.813. The van der Waals surface area contributed by atoms with Crippen molar-refractivity contribution < 1.29 is 17.9 Å².